The molecule has 1 heterocycles. The fraction of sp³-hybridized carbons (Fsp3) is 0.467. The molecule has 1 aliphatic carbocycles. The Morgan fingerprint density at radius 3 is 2.92 bits per heavy atom. The normalized spacial score (nSPS) is 15.4. The second-order valence-electron chi connectivity index (χ2n) is 5.66. The van der Waals surface area contributed by atoms with Crippen molar-refractivity contribution in [2.24, 2.45) is 0 Å². The summed E-state index contributed by atoms with van der Waals surface area (Å²) >= 11 is 10.8. The van der Waals surface area contributed by atoms with Gasteiger partial charge in [-0.3, -0.25) is 4.79 Å². The Morgan fingerprint density at radius 1 is 1.38 bits per heavy atom. The van der Waals surface area contributed by atoms with Crippen molar-refractivity contribution in [1.82, 2.24) is 20.2 Å². The number of amides is 1. The highest BCUT2D eigenvalue weighted by Crippen LogP contribution is 2.30. The van der Waals surface area contributed by atoms with E-state index in [1.807, 2.05) is 10.7 Å². The van der Waals surface area contributed by atoms with E-state index in [9.17, 15) is 4.79 Å². The fourth-order valence-electron chi connectivity index (χ4n) is 2.74. The number of rotatable bonds is 5. The summed E-state index contributed by atoms with van der Waals surface area (Å²) in [5.74, 6) is 0.0990. The van der Waals surface area contributed by atoms with Gasteiger partial charge in [-0.1, -0.05) is 58.6 Å². The van der Waals surface area contributed by atoms with Gasteiger partial charge >= 0.3 is 0 Å². The van der Waals surface area contributed by atoms with Gasteiger partial charge in [0.15, 0.2) is 0 Å². The molecule has 1 saturated carbocycles. The van der Waals surface area contributed by atoms with E-state index in [1.54, 1.807) is 12.1 Å². The molecular formula is C15H17BrClN5OS. The average molecular weight is 431 g/mol. The minimum atomic E-state index is -0.137. The van der Waals surface area contributed by atoms with Crippen LogP contribution in [0.4, 0.5) is 5.69 Å². The first-order valence-electron chi connectivity index (χ1n) is 7.79. The minimum Gasteiger partial charge on any atom is -0.324 e. The standard InChI is InChI=1S/C15H17BrClN5OS/c16-10-6-7-13(12(17)8-10)18-14(23)9-24-15-19-20-21-22(15)11-4-2-1-3-5-11/h6-8,11H,1-5,9H2,(H,18,23). The lowest BCUT2D eigenvalue weighted by Crippen LogP contribution is -2.17. The molecule has 1 N–H and O–H groups in total. The molecule has 128 valence electrons. The molecule has 6 nitrogen and oxygen atoms in total. The molecule has 2 aromatic rings. The number of carbonyl (C=O) groups excluding carboxylic acids is 1. The molecule has 9 heteroatoms. The molecule has 0 atom stereocenters. The first-order valence-corrected chi connectivity index (χ1v) is 9.94. The molecule has 0 radical (unpaired) electrons. The second kappa shape index (κ2) is 8.31. The van der Waals surface area contributed by atoms with Crippen molar-refractivity contribution in [2.75, 3.05) is 11.1 Å². The number of hydrogen-bond acceptors (Lipinski definition) is 5. The number of halogens is 2. The van der Waals surface area contributed by atoms with Crippen LogP contribution in [0.5, 0.6) is 0 Å². The number of carbonyl (C=O) groups is 1. The summed E-state index contributed by atoms with van der Waals surface area (Å²) < 4.78 is 2.73. The number of anilines is 1. The van der Waals surface area contributed by atoms with Crippen LogP contribution >= 0.6 is 39.3 Å². The van der Waals surface area contributed by atoms with Crippen molar-refractivity contribution >= 4 is 50.9 Å². The maximum absolute atomic E-state index is 12.2. The lowest BCUT2D eigenvalue weighted by Gasteiger charge is -2.21. The minimum absolute atomic E-state index is 0.137. The monoisotopic (exact) mass is 429 g/mol. The van der Waals surface area contributed by atoms with Crippen LogP contribution in [0.3, 0.4) is 0 Å². The van der Waals surface area contributed by atoms with Crippen molar-refractivity contribution in [1.29, 1.82) is 0 Å². The maximum Gasteiger partial charge on any atom is 0.234 e. The van der Waals surface area contributed by atoms with E-state index in [-0.39, 0.29) is 11.7 Å². The molecule has 1 fully saturated rings. The Balaban J connectivity index is 1.57. The highest BCUT2D eigenvalue weighted by Gasteiger charge is 2.20. The number of hydrogen-bond donors (Lipinski definition) is 1. The van der Waals surface area contributed by atoms with Gasteiger partial charge in [0.1, 0.15) is 0 Å². The van der Waals surface area contributed by atoms with E-state index in [0.29, 0.717) is 21.9 Å². The van der Waals surface area contributed by atoms with Crippen molar-refractivity contribution < 1.29 is 4.79 Å². The first-order chi connectivity index (χ1) is 11.6. The van der Waals surface area contributed by atoms with Gasteiger partial charge in [-0.15, -0.1) is 5.10 Å². The van der Waals surface area contributed by atoms with Crippen LogP contribution in [0.2, 0.25) is 5.02 Å². The van der Waals surface area contributed by atoms with Gasteiger partial charge in [-0.25, -0.2) is 4.68 Å². The second-order valence-corrected chi connectivity index (χ2v) is 7.92. The lowest BCUT2D eigenvalue weighted by atomic mass is 9.96. The Hall–Kier alpha value is -1.12. The predicted molar refractivity (Wildman–Crippen MR) is 98.4 cm³/mol. The summed E-state index contributed by atoms with van der Waals surface area (Å²) in [5, 5.41) is 15.9. The van der Waals surface area contributed by atoms with Crippen LogP contribution in [-0.2, 0) is 4.79 Å². The third kappa shape index (κ3) is 4.49. The molecule has 24 heavy (non-hydrogen) atoms. The van der Waals surface area contributed by atoms with E-state index in [2.05, 4.69) is 36.8 Å². The Kier molecular flexibility index (Phi) is 6.13. The van der Waals surface area contributed by atoms with Crippen LogP contribution in [0.1, 0.15) is 38.1 Å². The van der Waals surface area contributed by atoms with E-state index in [1.165, 1.54) is 31.0 Å². The van der Waals surface area contributed by atoms with E-state index >= 15 is 0 Å². The summed E-state index contributed by atoms with van der Waals surface area (Å²) in [6.45, 7) is 0. The lowest BCUT2D eigenvalue weighted by molar-refractivity contribution is -0.113. The molecule has 0 spiro atoms. The van der Waals surface area contributed by atoms with Gasteiger partial charge in [-0.05, 0) is 41.5 Å². The predicted octanol–water partition coefficient (Wildman–Crippen LogP) is 4.33. The molecule has 0 unspecified atom stereocenters. The highest BCUT2D eigenvalue weighted by atomic mass is 79.9. The number of benzene rings is 1. The smallest absolute Gasteiger partial charge is 0.234 e. The number of nitrogens with zero attached hydrogens (tertiary/aromatic N) is 4. The van der Waals surface area contributed by atoms with Crippen LogP contribution < -0.4 is 5.32 Å². The Morgan fingerprint density at radius 2 is 2.17 bits per heavy atom. The summed E-state index contributed by atoms with van der Waals surface area (Å²) in [4.78, 5) is 12.2. The Labute approximate surface area is 157 Å². The topological polar surface area (TPSA) is 72.7 Å². The van der Waals surface area contributed by atoms with E-state index in [0.717, 1.165) is 17.3 Å². The van der Waals surface area contributed by atoms with Gasteiger partial charge in [0.25, 0.3) is 0 Å². The van der Waals surface area contributed by atoms with Crippen LogP contribution in [0.15, 0.2) is 27.8 Å². The van der Waals surface area contributed by atoms with Crippen LogP contribution in [-0.4, -0.2) is 31.9 Å². The van der Waals surface area contributed by atoms with E-state index < -0.39 is 0 Å². The van der Waals surface area contributed by atoms with Crippen molar-refractivity contribution in [2.45, 2.75) is 43.3 Å². The van der Waals surface area contributed by atoms with Gasteiger partial charge in [0, 0.05) is 4.47 Å². The number of aromatic nitrogens is 4. The molecule has 1 amide bonds. The number of thioether (sulfide) groups is 1. The van der Waals surface area contributed by atoms with Crippen molar-refractivity contribution in [3.05, 3.63) is 27.7 Å². The van der Waals surface area contributed by atoms with Gasteiger partial charge < -0.3 is 5.32 Å². The molecular weight excluding hydrogens is 414 g/mol. The van der Waals surface area contributed by atoms with Crippen molar-refractivity contribution in [3.8, 4) is 0 Å². The summed E-state index contributed by atoms with van der Waals surface area (Å²) in [6, 6.07) is 5.69. The number of nitrogens with one attached hydrogen (secondary N) is 1. The maximum atomic E-state index is 12.2. The fourth-order valence-corrected chi connectivity index (χ4v) is 4.21. The number of tetrazole rings is 1. The molecule has 1 aromatic carbocycles. The summed E-state index contributed by atoms with van der Waals surface area (Å²) in [5.41, 5.74) is 0.595. The highest BCUT2D eigenvalue weighted by molar-refractivity contribution is 9.10. The van der Waals surface area contributed by atoms with Crippen LogP contribution in [0.25, 0.3) is 0 Å². The molecule has 1 aliphatic rings. The Bertz CT molecular complexity index is 720. The SMILES string of the molecule is O=C(CSc1nnnn1C1CCCCC1)Nc1ccc(Br)cc1Cl. The van der Waals surface area contributed by atoms with Crippen molar-refractivity contribution in [3.63, 3.8) is 0 Å². The average Bonchev–Trinajstić information content (AvgIpc) is 3.05. The summed E-state index contributed by atoms with van der Waals surface area (Å²) in [7, 11) is 0. The third-order valence-electron chi connectivity index (χ3n) is 3.92. The zero-order chi connectivity index (χ0) is 16.9. The van der Waals surface area contributed by atoms with Gasteiger partial charge in [0.2, 0.25) is 11.1 Å². The quantitative estimate of drug-likeness (QED) is 0.715. The van der Waals surface area contributed by atoms with Crippen LogP contribution in [0, 0.1) is 0 Å². The van der Waals surface area contributed by atoms with Gasteiger partial charge in [-0.2, -0.15) is 0 Å². The third-order valence-corrected chi connectivity index (χ3v) is 5.66. The molecule has 1 aromatic heterocycles. The van der Waals surface area contributed by atoms with Gasteiger partial charge in [0.05, 0.1) is 22.5 Å². The zero-order valence-corrected chi connectivity index (χ0v) is 16.1. The molecule has 0 saturated heterocycles. The summed E-state index contributed by atoms with van der Waals surface area (Å²) in [6.07, 6.45) is 5.88. The largest absolute Gasteiger partial charge is 0.324 e. The molecule has 0 aliphatic heterocycles. The van der Waals surface area contributed by atoms with E-state index in [4.69, 9.17) is 11.6 Å². The zero-order valence-electron chi connectivity index (χ0n) is 12.9. The first kappa shape index (κ1) is 17.7. The molecule has 3 rings (SSSR count). The molecule has 0 bridgehead atoms.